The summed E-state index contributed by atoms with van der Waals surface area (Å²) < 4.78 is 0. The predicted molar refractivity (Wildman–Crippen MR) is 52.9 cm³/mol. The molecule has 78 valence electrons. The van der Waals surface area contributed by atoms with Crippen LogP contribution in [0.3, 0.4) is 0 Å². The first kappa shape index (κ1) is 21.6. The number of aliphatic hydroxyl groups excluding tert-OH is 5. The standard InChI is InChI=1S/C6H12O6.Ca.K.3H/c7-1-3(9)5(11)6(12)4(10)2-8;;;;;/h1,3-6,8-12H,2H2;;;;;/t3-,4+,5+,6+;;;;;/m0...../s1. The first-order valence-corrected chi connectivity index (χ1v) is 3.33. The van der Waals surface area contributed by atoms with Crippen LogP contribution >= 0.6 is 0 Å². The fourth-order valence-corrected chi connectivity index (χ4v) is 0.618. The molecule has 0 aromatic rings. The van der Waals surface area contributed by atoms with Crippen molar-refractivity contribution < 1.29 is 30.3 Å². The molecule has 5 N–H and O–H groups in total. The van der Waals surface area contributed by atoms with Gasteiger partial charge in [-0.2, -0.15) is 0 Å². The normalized spacial score (nSPS) is 18.1. The molecular weight excluding hydrogens is 247 g/mol. The molecule has 0 unspecified atom stereocenters. The molecule has 14 heavy (non-hydrogen) atoms. The van der Waals surface area contributed by atoms with Gasteiger partial charge in [0.15, 0.2) is 6.29 Å². The van der Waals surface area contributed by atoms with Crippen LogP contribution < -0.4 is 0 Å². The fraction of sp³-hybridized carbons (Fsp3) is 0.833. The van der Waals surface area contributed by atoms with Crippen LogP contribution in [0.5, 0.6) is 0 Å². The summed E-state index contributed by atoms with van der Waals surface area (Å²) in [7, 11) is 0. The van der Waals surface area contributed by atoms with E-state index in [0.717, 1.165) is 0 Å². The van der Waals surface area contributed by atoms with E-state index in [9.17, 15) is 4.79 Å². The molecule has 0 heterocycles. The molecule has 0 rings (SSSR count). The molecule has 0 saturated carbocycles. The summed E-state index contributed by atoms with van der Waals surface area (Å²) in [6, 6.07) is 0. The van der Waals surface area contributed by atoms with Crippen molar-refractivity contribution in [3.63, 3.8) is 0 Å². The molecule has 0 fully saturated rings. The van der Waals surface area contributed by atoms with Gasteiger partial charge in [0.2, 0.25) is 0 Å². The van der Waals surface area contributed by atoms with Gasteiger partial charge in [-0.1, -0.05) is 0 Å². The maximum atomic E-state index is 9.90. The molecule has 0 bridgehead atoms. The van der Waals surface area contributed by atoms with Gasteiger partial charge in [-0.05, 0) is 0 Å². The van der Waals surface area contributed by atoms with Crippen LogP contribution in [0.1, 0.15) is 0 Å². The third kappa shape index (κ3) is 7.61. The van der Waals surface area contributed by atoms with Crippen molar-refractivity contribution in [3.05, 3.63) is 0 Å². The number of hydrogen-bond donors (Lipinski definition) is 5. The van der Waals surface area contributed by atoms with E-state index < -0.39 is 31.0 Å². The van der Waals surface area contributed by atoms with Gasteiger partial charge in [-0.3, -0.25) is 0 Å². The summed E-state index contributed by atoms with van der Waals surface area (Å²) in [5.74, 6) is 0. The van der Waals surface area contributed by atoms with Crippen molar-refractivity contribution in [2.24, 2.45) is 0 Å². The van der Waals surface area contributed by atoms with Crippen LogP contribution in [0.15, 0.2) is 0 Å². The number of aldehydes is 1. The molecule has 4 atom stereocenters. The minimum atomic E-state index is -1.79. The summed E-state index contributed by atoms with van der Waals surface area (Å²) in [6.07, 6.45) is -6.84. The molecule has 0 aliphatic rings. The van der Waals surface area contributed by atoms with Gasteiger partial charge >= 0.3 is 89.1 Å². The molecule has 0 aromatic carbocycles. The topological polar surface area (TPSA) is 118 Å². The van der Waals surface area contributed by atoms with Crippen LogP contribution in [0, 0.1) is 0 Å². The Balaban J connectivity index is -0.000000605. The van der Waals surface area contributed by atoms with E-state index in [0.29, 0.717) is 0 Å². The third-order valence-corrected chi connectivity index (χ3v) is 1.42. The predicted octanol–water partition coefficient (Wildman–Crippen LogP) is -4.94. The molecular formula is C6H15CaKO6. The summed E-state index contributed by atoms with van der Waals surface area (Å²) >= 11 is 0. The monoisotopic (exact) mass is 262 g/mol. The van der Waals surface area contributed by atoms with Crippen molar-refractivity contribution in [2.75, 3.05) is 6.61 Å². The van der Waals surface area contributed by atoms with Crippen LogP contribution in [-0.2, 0) is 4.79 Å². The van der Waals surface area contributed by atoms with Crippen molar-refractivity contribution in [2.45, 2.75) is 24.4 Å². The molecule has 8 heteroatoms. The molecule has 0 aliphatic carbocycles. The van der Waals surface area contributed by atoms with Gasteiger partial charge in [-0.25, -0.2) is 0 Å². The van der Waals surface area contributed by atoms with E-state index in [1.54, 1.807) is 0 Å². The van der Waals surface area contributed by atoms with Gasteiger partial charge in [0.05, 0.1) is 6.61 Å². The van der Waals surface area contributed by atoms with E-state index >= 15 is 0 Å². The number of aliphatic hydroxyl groups is 5. The van der Waals surface area contributed by atoms with E-state index in [1.807, 2.05) is 0 Å². The first-order valence-electron chi connectivity index (χ1n) is 3.33. The molecule has 0 radical (unpaired) electrons. The average Bonchev–Trinajstić information content (AvgIpc) is 2.12. The van der Waals surface area contributed by atoms with Crippen molar-refractivity contribution in [3.8, 4) is 0 Å². The average molecular weight is 262 g/mol. The molecule has 0 aliphatic heterocycles. The van der Waals surface area contributed by atoms with E-state index in [-0.39, 0.29) is 95.4 Å². The summed E-state index contributed by atoms with van der Waals surface area (Å²) in [4.78, 5) is 9.90. The Kier molecular flexibility index (Phi) is 18.3. The second-order valence-electron chi connectivity index (χ2n) is 2.36. The zero-order chi connectivity index (χ0) is 9.72. The Bertz CT molecular complexity index is 148. The van der Waals surface area contributed by atoms with Crippen molar-refractivity contribution in [1.29, 1.82) is 0 Å². The zero-order valence-corrected chi connectivity index (χ0v) is 6.24. The molecule has 0 saturated heterocycles. The van der Waals surface area contributed by atoms with E-state index in [4.69, 9.17) is 25.5 Å². The molecule has 0 spiro atoms. The Morgan fingerprint density at radius 2 is 1.50 bits per heavy atom. The first-order chi connectivity index (χ1) is 5.54. The van der Waals surface area contributed by atoms with Crippen molar-refractivity contribution in [1.82, 2.24) is 0 Å². The Morgan fingerprint density at radius 3 is 1.79 bits per heavy atom. The quantitative estimate of drug-likeness (QED) is 0.250. The molecule has 0 aromatic heterocycles. The molecule has 6 nitrogen and oxygen atoms in total. The summed E-state index contributed by atoms with van der Waals surface area (Å²) in [5, 5.41) is 43.5. The van der Waals surface area contributed by atoms with Crippen LogP contribution in [0.4, 0.5) is 0 Å². The Labute approximate surface area is 154 Å². The van der Waals surface area contributed by atoms with E-state index in [2.05, 4.69) is 0 Å². The third-order valence-electron chi connectivity index (χ3n) is 1.42. The van der Waals surface area contributed by atoms with Crippen LogP contribution in [-0.4, -0.2) is 152 Å². The number of hydrogen-bond acceptors (Lipinski definition) is 6. The maximum absolute atomic E-state index is 9.90. The summed E-state index contributed by atoms with van der Waals surface area (Å²) in [6.45, 7) is -0.760. The number of carbonyl (C=O) groups is 1. The number of rotatable bonds is 5. The van der Waals surface area contributed by atoms with Gasteiger partial charge < -0.3 is 30.3 Å². The van der Waals surface area contributed by atoms with Crippen molar-refractivity contribution >= 4 is 95.4 Å². The van der Waals surface area contributed by atoms with Gasteiger partial charge in [0.25, 0.3) is 0 Å². The second-order valence-corrected chi connectivity index (χ2v) is 2.36. The number of carbonyl (C=O) groups excluding carboxylic acids is 1. The van der Waals surface area contributed by atoms with Crippen LogP contribution in [0.25, 0.3) is 0 Å². The molecule has 0 amide bonds. The minimum absolute atomic E-state index is 0. The summed E-state index contributed by atoms with van der Waals surface area (Å²) in [5.41, 5.74) is 0. The Hall–Kier alpha value is 2.37. The second kappa shape index (κ2) is 11.8. The zero-order valence-electron chi connectivity index (χ0n) is 6.24. The Morgan fingerprint density at radius 1 is 1.07 bits per heavy atom. The van der Waals surface area contributed by atoms with Crippen LogP contribution in [0.2, 0.25) is 0 Å². The SMILES string of the molecule is O=C[C@H](O)[C@@H](O)[C@H](O)[C@H](O)CO.[CaH2].[KH]. The van der Waals surface area contributed by atoms with Gasteiger partial charge in [-0.15, -0.1) is 0 Å². The van der Waals surface area contributed by atoms with E-state index in [1.165, 1.54) is 0 Å². The van der Waals surface area contributed by atoms with Gasteiger partial charge in [0, 0.05) is 0 Å². The fourth-order valence-electron chi connectivity index (χ4n) is 0.618. The van der Waals surface area contributed by atoms with Gasteiger partial charge in [0.1, 0.15) is 24.4 Å².